The number of carbonyl (C=O) groups is 1. The molecule has 0 bridgehead atoms. The summed E-state index contributed by atoms with van der Waals surface area (Å²) in [6.45, 7) is 0. The first-order valence-corrected chi connectivity index (χ1v) is 8.37. The highest BCUT2D eigenvalue weighted by Crippen LogP contribution is 2.30. The number of halogens is 2. The van der Waals surface area contributed by atoms with Gasteiger partial charge in [0.05, 0.1) is 10.8 Å². The maximum Gasteiger partial charge on any atom is 0.230 e. The number of nitrogen functional groups attached to an aromatic ring is 1. The molecule has 0 unspecified atom stereocenters. The highest BCUT2D eigenvalue weighted by atomic mass is 35.5. The number of hydrogen-bond acceptors (Lipinski definition) is 5. The summed E-state index contributed by atoms with van der Waals surface area (Å²) in [5.41, 5.74) is 0.635. The van der Waals surface area contributed by atoms with E-state index in [0.717, 1.165) is 12.8 Å². The van der Waals surface area contributed by atoms with Crippen molar-refractivity contribution in [3.63, 3.8) is 0 Å². The molecule has 3 N–H and O–H groups in total. The van der Waals surface area contributed by atoms with Crippen molar-refractivity contribution in [3.05, 3.63) is 28.2 Å². The zero-order valence-electron chi connectivity index (χ0n) is 11.4. The fraction of sp³-hybridized carbons (Fsp3) is 0.308. The van der Waals surface area contributed by atoms with Crippen LogP contribution in [-0.4, -0.2) is 32.6 Å². The van der Waals surface area contributed by atoms with Crippen LogP contribution in [0.2, 0.25) is 10.0 Å². The maximum atomic E-state index is 11.7. The number of amides is 1. The molecule has 1 aliphatic carbocycles. The Kier molecular flexibility index (Phi) is 4.46. The van der Waals surface area contributed by atoms with E-state index in [4.69, 9.17) is 29.0 Å². The number of benzene rings is 1. The van der Waals surface area contributed by atoms with Crippen LogP contribution in [0.4, 0.5) is 0 Å². The molecule has 0 saturated heterocycles. The second kappa shape index (κ2) is 6.36. The van der Waals surface area contributed by atoms with Crippen LogP contribution in [0.5, 0.6) is 0 Å². The molecule has 1 saturated carbocycles. The third kappa shape index (κ3) is 3.48. The van der Waals surface area contributed by atoms with Crippen molar-refractivity contribution in [2.75, 3.05) is 11.6 Å². The molecule has 22 heavy (non-hydrogen) atoms. The Hall–Kier alpha value is -1.44. The van der Waals surface area contributed by atoms with Gasteiger partial charge in [0.2, 0.25) is 11.1 Å². The fourth-order valence-electron chi connectivity index (χ4n) is 1.86. The van der Waals surface area contributed by atoms with Crippen molar-refractivity contribution in [1.29, 1.82) is 0 Å². The van der Waals surface area contributed by atoms with Gasteiger partial charge in [0.1, 0.15) is 0 Å². The molecule has 116 valence electrons. The lowest BCUT2D eigenvalue weighted by Crippen LogP contribution is -2.27. The lowest BCUT2D eigenvalue weighted by Gasteiger charge is -2.06. The zero-order valence-corrected chi connectivity index (χ0v) is 13.8. The van der Waals surface area contributed by atoms with Gasteiger partial charge in [0.25, 0.3) is 0 Å². The summed E-state index contributed by atoms with van der Waals surface area (Å²) >= 11 is 13.3. The number of hydrogen-bond donors (Lipinski definition) is 2. The normalized spacial score (nSPS) is 14.1. The SMILES string of the molecule is Nn1c(SCC(=O)NC2CC2)nnc1-c1ccc(Cl)cc1Cl. The predicted octanol–water partition coefficient (Wildman–Crippen LogP) is 2.34. The smallest absolute Gasteiger partial charge is 0.230 e. The average molecular weight is 358 g/mol. The highest BCUT2D eigenvalue weighted by Gasteiger charge is 2.23. The van der Waals surface area contributed by atoms with Crippen molar-refractivity contribution in [2.24, 2.45) is 0 Å². The largest absolute Gasteiger partial charge is 0.353 e. The van der Waals surface area contributed by atoms with E-state index in [1.54, 1.807) is 18.2 Å². The van der Waals surface area contributed by atoms with Gasteiger partial charge in [-0.25, -0.2) is 4.68 Å². The monoisotopic (exact) mass is 357 g/mol. The Balaban J connectivity index is 1.72. The van der Waals surface area contributed by atoms with E-state index in [-0.39, 0.29) is 11.7 Å². The van der Waals surface area contributed by atoms with E-state index >= 15 is 0 Å². The Morgan fingerprint density at radius 1 is 1.41 bits per heavy atom. The van der Waals surface area contributed by atoms with Crippen LogP contribution in [0.15, 0.2) is 23.4 Å². The van der Waals surface area contributed by atoms with Crippen LogP contribution in [0, 0.1) is 0 Å². The van der Waals surface area contributed by atoms with Gasteiger partial charge in [-0.2, -0.15) is 0 Å². The summed E-state index contributed by atoms with van der Waals surface area (Å²) < 4.78 is 1.32. The van der Waals surface area contributed by atoms with Crippen molar-refractivity contribution in [1.82, 2.24) is 20.2 Å². The number of rotatable bonds is 5. The molecule has 3 rings (SSSR count). The second-order valence-electron chi connectivity index (χ2n) is 4.93. The van der Waals surface area contributed by atoms with Crippen LogP contribution >= 0.6 is 35.0 Å². The number of thioether (sulfide) groups is 1. The van der Waals surface area contributed by atoms with Crippen molar-refractivity contribution < 1.29 is 4.79 Å². The predicted molar refractivity (Wildman–Crippen MR) is 87.5 cm³/mol. The van der Waals surface area contributed by atoms with Crippen LogP contribution < -0.4 is 11.2 Å². The standard InChI is InChI=1S/C13H13Cl2N5OS/c14-7-1-4-9(10(15)5-7)12-18-19-13(20(12)16)22-6-11(21)17-8-2-3-8/h1,4-5,8H,2-3,6,16H2,(H,17,21). The fourth-order valence-corrected chi connectivity index (χ4v) is 3.02. The molecular weight excluding hydrogens is 345 g/mol. The first-order chi connectivity index (χ1) is 10.5. The molecule has 9 heteroatoms. The first-order valence-electron chi connectivity index (χ1n) is 6.62. The molecule has 1 amide bonds. The van der Waals surface area contributed by atoms with Gasteiger partial charge in [-0.3, -0.25) is 4.79 Å². The second-order valence-corrected chi connectivity index (χ2v) is 6.72. The van der Waals surface area contributed by atoms with E-state index in [2.05, 4.69) is 15.5 Å². The van der Waals surface area contributed by atoms with Crippen molar-refractivity contribution >= 4 is 40.9 Å². The molecule has 1 aromatic carbocycles. The van der Waals surface area contributed by atoms with Gasteiger partial charge in [0, 0.05) is 16.6 Å². The Morgan fingerprint density at radius 2 is 2.18 bits per heavy atom. The minimum atomic E-state index is -0.0263. The molecule has 6 nitrogen and oxygen atoms in total. The Morgan fingerprint density at radius 3 is 2.86 bits per heavy atom. The van der Waals surface area contributed by atoms with Gasteiger partial charge < -0.3 is 11.2 Å². The van der Waals surface area contributed by atoms with Gasteiger partial charge in [-0.1, -0.05) is 35.0 Å². The summed E-state index contributed by atoms with van der Waals surface area (Å²) in [6.07, 6.45) is 2.12. The number of nitrogens with zero attached hydrogens (tertiary/aromatic N) is 3. The van der Waals surface area contributed by atoms with E-state index in [0.29, 0.717) is 32.6 Å². The summed E-state index contributed by atoms with van der Waals surface area (Å²) in [5, 5.41) is 12.4. The van der Waals surface area contributed by atoms with Crippen molar-refractivity contribution in [3.8, 4) is 11.4 Å². The van der Waals surface area contributed by atoms with E-state index in [9.17, 15) is 4.79 Å². The summed E-state index contributed by atoms with van der Waals surface area (Å²) in [7, 11) is 0. The third-order valence-electron chi connectivity index (χ3n) is 3.11. The van der Waals surface area contributed by atoms with Crippen LogP contribution in [0.1, 0.15) is 12.8 Å². The lowest BCUT2D eigenvalue weighted by molar-refractivity contribution is -0.118. The summed E-state index contributed by atoms with van der Waals surface area (Å²) in [5.74, 6) is 6.64. The third-order valence-corrected chi connectivity index (χ3v) is 4.60. The van der Waals surface area contributed by atoms with Crippen molar-refractivity contribution in [2.45, 2.75) is 24.0 Å². The minimum Gasteiger partial charge on any atom is -0.353 e. The molecule has 0 radical (unpaired) electrons. The first kappa shape index (κ1) is 15.5. The number of aromatic nitrogens is 3. The van der Waals surface area contributed by atoms with E-state index < -0.39 is 0 Å². The van der Waals surface area contributed by atoms with Gasteiger partial charge in [-0.15, -0.1) is 10.2 Å². The highest BCUT2D eigenvalue weighted by molar-refractivity contribution is 7.99. The van der Waals surface area contributed by atoms with Crippen LogP contribution in [-0.2, 0) is 4.79 Å². The van der Waals surface area contributed by atoms with E-state index in [1.807, 2.05) is 0 Å². The summed E-state index contributed by atoms with van der Waals surface area (Å²) in [6, 6.07) is 5.38. The number of nitrogens with two attached hydrogens (primary N) is 1. The summed E-state index contributed by atoms with van der Waals surface area (Å²) in [4.78, 5) is 11.7. The van der Waals surface area contributed by atoms with Gasteiger partial charge >= 0.3 is 0 Å². The molecule has 1 aliphatic rings. The Labute approximate surface area is 141 Å². The molecule has 0 spiro atoms. The Bertz CT molecular complexity index is 716. The molecular formula is C13H13Cl2N5OS. The average Bonchev–Trinajstić information content (AvgIpc) is 3.20. The number of nitrogens with one attached hydrogen (secondary N) is 1. The van der Waals surface area contributed by atoms with E-state index in [1.165, 1.54) is 16.4 Å². The molecule has 0 atom stereocenters. The molecule has 1 aromatic heterocycles. The van der Waals surface area contributed by atoms with Gasteiger partial charge in [0.15, 0.2) is 5.82 Å². The number of carbonyl (C=O) groups excluding carboxylic acids is 1. The van der Waals surface area contributed by atoms with Crippen LogP contribution in [0.25, 0.3) is 11.4 Å². The molecule has 0 aliphatic heterocycles. The lowest BCUT2D eigenvalue weighted by atomic mass is 10.2. The molecule has 1 heterocycles. The van der Waals surface area contributed by atoms with Crippen LogP contribution in [0.3, 0.4) is 0 Å². The topological polar surface area (TPSA) is 85.8 Å². The van der Waals surface area contributed by atoms with Gasteiger partial charge in [-0.05, 0) is 31.0 Å². The molecule has 1 fully saturated rings. The minimum absolute atomic E-state index is 0.0263. The maximum absolute atomic E-state index is 11.7. The quantitative estimate of drug-likeness (QED) is 0.633. The molecule has 2 aromatic rings. The zero-order chi connectivity index (χ0) is 15.7.